The van der Waals surface area contributed by atoms with Crippen LogP contribution >= 0.6 is 0 Å². The predicted molar refractivity (Wildman–Crippen MR) is 57.1 cm³/mol. The van der Waals surface area contributed by atoms with Crippen LogP contribution in [-0.2, 0) is 0 Å². The van der Waals surface area contributed by atoms with Gasteiger partial charge in [0.1, 0.15) is 5.75 Å². The number of hydrogen-bond acceptors (Lipinski definition) is 2. The lowest BCUT2D eigenvalue weighted by molar-refractivity contribution is 0.101. The molecule has 0 radical (unpaired) electrons. The average molecular weight is 192 g/mol. The van der Waals surface area contributed by atoms with Gasteiger partial charge in [0.2, 0.25) is 0 Å². The van der Waals surface area contributed by atoms with Gasteiger partial charge in [0, 0.05) is 5.56 Å². The molecular weight excluding hydrogens is 176 g/mol. The van der Waals surface area contributed by atoms with E-state index in [9.17, 15) is 4.79 Å². The third-order valence-electron chi connectivity index (χ3n) is 2.33. The van der Waals surface area contributed by atoms with Crippen molar-refractivity contribution in [3.8, 4) is 5.75 Å². The lowest BCUT2D eigenvalue weighted by Crippen LogP contribution is -2.00. The molecule has 14 heavy (non-hydrogen) atoms. The monoisotopic (exact) mass is 192 g/mol. The Morgan fingerprint density at radius 1 is 1.36 bits per heavy atom. The van der Waals surface area contributed by atoms with E-state index in [-0.39, 0.29) is 5.78 Å². The molecule has 0 aromatic heterocycles. The molecule has 0 fully saturated rings. The van der Waals surface area contributed by atoms with Crippen LogP contribution in [0.2, 0.25) is 0 Å². The van der Waals surface area contributed by atoms with Crippen molar-refractivity contribution in [2.75, 3.05) is 6.61 Å². The Kier molecular flexibility index (Phi) is 3.28. The van der Waals surface area contributed by atoms with Crippen LogP contribution in [0.5, 0.6) is 5.75 Å². The zero-order chi connectivity index (χ0) is 10.7. The number of ether oxygens (including phenoxy) is 1. The molecule has 1 rings (SSSR count). The van der Waals surface area contributed by atoms with Gasteiger partial charge in [-0.1, -0.05) is 0 Å². The Morgan fingerprint density at radius 3 is 2.50 bits per heavy atom. The largest absolute Gasteiger partial charge is 0.494 e. The first-order chi connectivity index (χ1) is 6.56. The zero-order valence-electron chi connectivity index (χ0n) is 9.18. The third-order valence-corrected chi connectivity index (χ3v) is 2.33. The molecule has 0 spiro atoms. The van der Waals surface area contributed by atoms with Crippen molar-refractivity contribution in [3.05, 3.63) is 28.8 Å². The second kappa shape index (κ2) is 4.27. The second-order valence-electron chi connectivity index (χ2n) is 3.41. The van der Waals surface area contributed by atoms with Crippen LogP contribution in [0.3, 0.4) is 0 Å². The van der Waals surface area contributed by atoms with Gasteiger partial charge >= 0.3 is 0 Å². The van der Waals surface area contributed by atoms with E-state index < -0.39 is 0 Å². The molecule has 0 heterocycles. The molecule has 0 N–H and O–H groups in total. The Bertz CT molecular complexity index is 354. The zero-order valence-corrected chi connectivity index (χ0v) is 9.18. The van der Waals surface area contributed by atoms with Crippen LogP contribution in [0.15, 0.2) is 12.1 Å². The molecule has 0 aliphatic rings. The highest BCUT2D eigenvalue weighted by Crippen LogP contribution is 2.23. The first-order valence-electron chi connectivity index (χ1n) is 4.81. The fourth-order valence-electron chi connectivity index (χ4n) is 1.34. The van der Waals surface area contributed by atoms with Crippen LogP contribution in [0.1, 0.15) is 35.3 Å². The SMILES string of the molecule is CCOc1cc(C(C)=O)cc(C)c1C. The highest BCUT2D eigenvalue weighted by molar-refractivity contribution is 5.94. The molecule has 0 aliphatic carbocycles. The number of rotatable bonds is 3. The number of benzene rings is 1. The van der Waals surface area contributed by atoms with Crippen molar-refractivity contribution in [1.82, 2.24) is 0 Å². The maximum Gasteiger partial charge on any atom is 0.159 e. The molecule has 0 unspecified atom stereocenters. The molecule has 2 heteroatoms. The van der Waals surface area contributed by atoms with Crippen molar-refractivity contribution < 1.29 is 9.53 Å². The summed E-state index contributed by atoms with van der Waals surface area (Å²) in [5, 5.41) is 0. The van der Waals surface area contributed by atoms with Gasteiger partial charge in [0.15, 0.2) is 5.78 Å². The molecule has 1 aromatic carbocycles. The lowest BCUT2D eigenvalue weighted by Gasteiger charge is -2.10. The highest BCUT2D eigenvalue weighted by atomic mass is 16.5. The molecule has 0 bridgehead atoms. The quantitative estimate of drug-likeness (QED) is 0.688. The van der Waals surface area contributed by atoms with Gasteiger partial charge in [-0.25, -0.2) is 0 Å². The topological polar surface area (TPSA) is 26.3 Å². The van der Waals surface area contributed by atoms with Crippen LogP contribution in [0.25, 0.3) is 0 Å². The number of hydrogen-bond donors (Lipinski definition) is 0. The summed E-state index contributed by atoms with van der Waals surface area (Å²) in [6, 6.07) is 3.72. The fraction of sp³-hybridized carbons (Fsp3) is 0.417. The summed E-state index contributed by atoms with van der Waals surface area (Å²) >= 11 is 0. The molecule has 2 nitrogen and oxygen atoms in total. The van der Waals surface area contributed by atoms with Gasteiger partial charge in [-0.15, -0.1) is 0 Å². The van der Waals surface area contributed by atoms with Crippen LogP contribution in [0.4, 0.5) is 0 Å². The summed E-state index contributed by atoms with van der Waals surface area (Å²) in [4.78, 5) is 11.2. The smallest absolute Gasteiger partial charge is 0.159 e. The van der Waals surface area contributed by atoms with E-state index in [0.717, 1.165) is 22.4 Å². The first kappa shape index (κ1) is 10.8. The molecule has 0 aliphatic heterocycles. The summed E-state index contributed by atoms with van der Waals surface area (Å²) in [5.74, 6) is 0.895. The van der Waals surface area contributed by atoms with Gasteiger partial charge in [0.25, 0.3) is 0 Å². The Balaban J connectivity index is 3.20. The third kappa shape index (κ3) is 2.13. The van der Waals surface area contributed by atoms with Crippen molar-refractivity contribution in [1.29, 1.82) is 0 Å². The van der Waals surface area contributed by atoms with E-state index in [0.29, 0.717) is 6.61 Å². The molecule has 0 atom stereocenters. The minimum absolute atomic E-state index is 0.0778. The van der Waals surface area contributed by atoms with Crippen LogP contribution in [0, 0.1) is 13.8 Å². The predicted octanol–water partition coefficient (Wildman–Crippen LogP) is 2.90. The number of aryl methyl sites for hydroxylation is 1. The van der Waals surface area contributed by atoms with Crippen molar-refractivity contribution in [2.45, 2.75) is 27.7 Å². The summed E-state index contributed by atoms with van der Waals surface area (Å²) in [7, 11) is 0. The van der Waals surface area contributed by atoms with Gasteiger partial charge < -0.3 is 4.74 Å². The van der Waals surface area contributed by atoms with Crippen molar-refractivity contribution in [2.24, 2.45) is 0 Å². The van der Waals surface area contributed by atoms with Gasteiger partial charge in [-0.2, -0.15) is 0 Å². The first-order valence-corrected chi connectivity index (χ1v) is 4.81. The van der Waals surface area contributed by atoms with Crippen LogP contribution in [-0.4, -0.2) is 12.4 Å². The van der Waals surface area contributed by atoms with E-state index in [1.807, 2.05) is 32.9 Å². The summed E-state index contributed by atoms with van der Waals surface area (Å²) in [6.45, 7) is 8.13. The summed E-state index contributed by atoms with van der Waals surface area (Å²) < 4.78 is 5.46. The van der Waals surface area contributed by atoms with E-state index in [1.165, 1.54) is 0 Å². The standard InChI is InChI=1S/C12H16O2/c1-5-14-12-7-11(10(4)13)6-8(2)9(12)3/h6-7H,5H2,1-4H3. The van der Waals surface area contributed by atoms with E-state index >= 15 is 0 Å². The molecule has 0 saturated carbocycles. The van der Waals surface area contributed by atoms with E-state index in [2.05, 4.69) is 0 Å². The van der Waals surface area contributed by atoms with Gasteiger partial charge in [-0.05, 0) is 51.0 Å². The molecule has 0 amide bonds. The maximum atomic E-state index is 11.2. The number of Topliss-reactive ketones (excluding diaryl/α,β-unsaturated/α-hetero) is 1. The maximum absolute atomic E-state index is 11.2. The Hall–Kier alpha value is -1.31. The lowest BCUT2D eigenvalue weighted by atomic mass is 10.0. The average Bonchev–Trinajstić information content (AvgIpc) is 2.12. The number of carbonyl (C=O) groups is 1. The van der Waals surface area contributed by atoms with Crippen molar-refractivity contribution >= 4 is 5.78 Å². The number of ketones is 1. The number of carbonyl (C=O) groups excluding carboxylic acids is 1. The van der Waals surface area contributed by atoms with Crippen LogP contribution < -0.4 is 4.74 Å². The second-order valence-corrected chi connectivity index (χ2v) is 3.41. The van der Waals surface area contributed by atoms with E-state index in [4.69, 9.17) is 4.74 Å². The van der Waals surface area contributed by atoms with Crippen molar-refractivity contribution in [3.63, 3.8) is 0 Å². The minimum Gasteiger partial charge on any atom is -0.494 e. The molecular formula is C12H16O2. The van der Waals surface area contributed by atoms with Gasteiger partial charge in [-0.3, -0.25) is 4.79 Å². The van der Waals surface area contributed by atoms with E-state index in [1.54, 1.807) is 6.92 Å². The minimum atomic E-state index is 0.0778. The fourth-order valence-corrected chi connectivity index (χ4v) is 1.34. The Labute approximate surface area is 84.9 Å². The summed E-state index contributed by atoms with van der Waals surface area (Å²) in [5.41, 5.74) is 2.93. The molecule has 76 valence electrons. The summed E-state index contributed by atoms with van der Waals surface area (Å²) in [6.07, 6.45) is 0. The highest BCUT2D eigenvalue weighted by Gasteiger charge is 2.07. The normalized spacial score (nSPS) is 10.0. The molecule has 0 saturated heterocycles. The Morgan fingerprint density at radius 2 is 2.00 bits per heavy atom. The molecule has 1 aromatic rings. The van der Waals surface area contributed by atoms with Gasteiger partial charge in [0.05, 0.1) is 6.61 Å².